The molecular formula is C19H26N8O2. The standard InChI is InChI=1S/C10H14N4O.C9H12N4O/c1-6(2)9-11-12-10(15-9)8-5-7(3)14(4)13-8;1-6(2)8-10-11-9(14-8)7-4-5-13(3)12-7/h5-6H,1-4H3;4-6H,1-3H3. The largest absolute Gasteiger partial charge is 0.419 e. The smallest absolute Gasteiger partial charge is 0.268 e. The highest BCUT2D eigenvalue weighted by atomic mass is 16.4. The maximum Gasteiger partial charge on any atom is 0.268 e. The van der Waals surface area contributed by atoms with E-state index in [9.17, 15) is 0 Å². The molecule has 0 bridgehead atoms. The van der Waals surface area contributed by atoms with Gasteiger partial charge in [-0.2, -0.15) is 10.2 Å². The van der Waals surface area contributed by atoms with E-state index in [0.29, 0.717) is 29.3 Å². The van der Waals surface area contributed by atoms with Crippen LogP contribution in [0, 0.1) is 6.92 Å². The van der Waals surface area contributed by atoms with E-state index < -0.39 is 0 Å². The number of rotatable bonds is 4. The van der Waals surface area contributed by atoms with Crippen LogP contribution in [0.25, 0.3) is 23.2 Å². The Morgan fingerprint density at radius 3 is 1.72 bits per heavy atom. The first-order chi connectivity index (χ1) is 13.7. The highest BCUT2D eigenvalue weighted by Crippen LogP contribution is 2.21. The monoisotopic (exact) mass is 398 g/mol. The molecule has 154 valence electrons. The highest BCUT2D eigenvalue weighted by Gasteiger charge is 2.14. The molecule has 0 unspecified atom stereocenters. The summed E-state index contributed by atoms with van der Waals surface area (Å²) in [6, 6.07) is 3.77. The number of aromatic nitrogens is 8. The van der Waals surface area contributed by atoms with E-state index in [1.165, 1.54) is 0 Å². The van der Waals surface area contributed by atoms with Gasteiger partial charge in [-0.3, -0.25) is 9.36 Å². The summed E-state index contributed by atoms with van der Waals surface area (Å²) in [5.41, 5.74) is 2.51. The van der Waals surface area contributed by atoms with Gasteiger partial charge in [0.1, 0.15) is 11.4 Å². The minimum absolute atomic E-state index is 0.246. The topological polar surface area (TPSA) is 113 Å². The second-order valence-corrected chi connectivity index (χ2v) is 7.37. The van der Waals surface area contributed by atoms with E-state index in [1.807, 2.05) is 67.0 Å². The third kappa shape index (κ3) is 4.76. The fourth-order valence-electron chi connectivity index (χ4n) is 2.34. The van der Waals surface area contributed by atoms with Gasteiger partial charge in [0, 0.05) is 37.8 Å². The molecule has 0 fully saturated rings. The maximum absolute atomic E-state index is 5.50. The van der Waals surface area contributed by atoms with Crippen molar-refractivity contribution < 1.29 is 8.83 Å². The summed E-state index contributed by atoms with van der Waals surface area (Å²) in [4.78, 5) is 0. The molecule has 0 saturated carbocycles. The van der Waals surface area contributed by atoms with Crippen LogP contribution in [0.1, 0.15) is 57.0 Å². The number of aryl methyl sites for hydroxylation is 3. The Balaban J connectivity index is 0.000000166. The van der Waals surface area contributed by atoms with Crippen molar-refractivity contribution in [3.05, 3.63) is 35.8 Å². The summed E-state index contributed by atoms with van der Waals surface area (Å²) >= 11 is 0. The normalized spacial score (nSPS) is 11.2. The van der Waals surface area contributed by atoms with Crippen LogP contribution >= 0.6 is 0 Å². The zero-order chi connectivity index (χ0) is 21.1. The van der Waals surface area contributed by atoms with Crippen LogP contribution in [0.2, 0.25) is 0 Å². The Hall–Kier alpha value is -3.30. The van der Waals surface area contributed by atoms with Crippen LogP contribution in [-0.4, -0.2) is 40.0 Å². The molecule has 4 heterocycles. The Bertz CT molecular complexity index is 1050. The third-order valence-electron chi connectivity index (χ3n) is 4.13. The van der Waals surface area contributed by atoms with Crippen molar-refractivity contribution in [1.29, 1.82) is 0 Å². The Morgan fingerprint density at radius 2 is 1.34 bits per heavy atom. The maximum atomic E-state index is 5.50. The van der Waals surface area contributed by atoms with Gasteiger partial charge in [0.05, 0.1) is 0 Å². The van der Waals surface area contributed by atoms with Gasteiger partial charge in [-0.15, -0.1) is 20.4 Å². The lowest BCUT2D eigenvalue weighted by Crippen LogP contribution is -1.92. The van der Waals surface area contributed by atoms with Crippen molar-refractivity contribution in [2.75, 3.05) is 0 Å². The van der Waals surface area contributed by atoms with Gasteiger partial charge >= 0.3 is 0 Å². The average Bonchev–Trinajstić information content (AvgIpc) is 3.42. The highest BCUT2D eigenvalue weighted by molar-refractivity contribution is 5.46. The average molecular weight is 398 g/mol. The molecule has 0 saturated heterocycles. The third-order valence-corrected chi connectivity index (χ3v) is 4.13. The molecule has 0 aliphatic rings. The van der Waals surface area contributed by atoms with Crippen molar-refractivity contribution in [2.45, 2.75) is 46.5 Å². The molecule has 10 nitrogen and oxygen atoms in total. The molecule has 0 atom stereocenters. The lowest BCUT2D eigenvalue weighted by atomic mass is 10.2. The lowest BCUT2D eigenvalue weighted by Gasteiger charge is -1.93. The van der Waals surface area contributed by atoms with E-state index in [1.54, 1.807) is 9.36 Å². The zero-order valence-corrected chi connectivity index (χ0v) is 17.8. The van der Waals surface area contributed by atoms with Crippen LogP contribution in [0.5, 0.6) is 0 Å². The Labute approximate surface area is 169 Å². The second-order valence-electron chi connectivity index (χ2n) is 7.37. The SMILES string of the molecule is CC(C)c1nnc(-c2ccn(C)n2)o1.Cc1cc(-c2nnc(C(C)C)o2)nn1C. The number of hydrogen-bond donors (Lipinski definition) is 0. The first kappa shape index (κ1) is 20.4. The Morgan fingerprint density at radius 1 is 0.793 bits per heavy atom. The number of hydrogen-bond acceptors (Lipinski definition) is 8. The molecule has 4 aromatic heterocycles. The molecule has 0 aromatic carbocycles. The predicted molar refractivity (Wildman–Crippen MR) is 106 cm³/mol. The molecule has 0 N–H and O–H groups in total. The van der Waals surface area contributed by atoms with Gasteiger partial charge in [0.25, 0.3) is 11.8 Å². The summed E-state index contributed by atoms with van der Waals surface area (Å²) in [7, 11) is 3.74. The van der Waals surface area contributed by atoms with E-state index in [4.69, 9.17) is 8.83 Å². The summed E-state index contributed by atoms with van der Waals surface area (Å²) in [5.74, 6) is 2.76. The second kappa shape index (κ2) is 8.38. The van der Waals surface area contributed by atoms with Crippen LogP contribution < -0.4 is 0 Å². The van der Waals surface area contributed by atoms with Gasteiger partial charge < -0.3 is 8.83 Å². The van der Waals surface area contributed by atoms with Crippen molar-refractivity contribution in [3.8, 4) is 23.2 Å². The van der Waals surface area contributed by atoms with Crippen LogP contribution in [0.3, 0.4) is 0 Å². The Kier molecular flexibility index (Phi) is 5.90. The van der Waals surface area contributed by atoms with Gasteiger partial charge in [0.2, 0.25) is 11.8 Å². The molecule has 4 aromatic rings. The first-order valence-electron chi connectivity index (χ1n) is 9.42. The van der Waals surface area contributed by atoms with Gasteiger partial charge in [-0.1, -0.05) is 27.7 Å². The molecule has 0 aliphatic carbocycles. The van der Waals surface area contributed by atoms with Crippen molar-refractivity contribution in [3.63, 3.8) is 0 Å². The van der Waals surface area contributed by atoms with Crippen molar-refractivity contribution >= 4 is 0 Å². The van der Waals surface area contributed by atoms with E-state index in [2.05, 4.69) is 30.6 Å². The lowest BCUT2D eigenvalue weighted by molar-refractivity contribution is 0.479. The van der Waals surface area contributed by atoms with Gasteiger partial charge in [-0.25, -0.2) is 0 Å². The van der Waals surface area contributed by atoms with Gasteiger partial charge in [0.15, 0.2) is 0 Å². The van der Waals surface area contributed by atoms with Crippen LogP contribution in [0.4, 0.5) is 0 Å². The molecule has 0 aliphatic heterocycles. The van der Waals surface area contributed by atoms with Gasteiger partial charge in [-0.05, 0) is 19.1 Å². The van der Waals surface area contributed by atoms with E-state index in [0.717, 1.165) is 11.4 Å². The summed E-state index contributed by atoms with van der Waals surface area (Å²) in [5, 5.41) is 24.2. The zero-order valence-electron chi connectivity index (χ0n) is 17.8. The molecule has 4 rings (SSSR count). The van der Waals surface area contributed by atoms with Crippen LogP contribution in [0.15, 0.2) is 27.2 Å². The summed E-state index contributed by atoms with van der Waals surface area (Å²) in [6.45, 7) is 10.0. The summed E-state index contributed by atoms with van der Waals surface area (Å²) in [6.07, 6.45) is 1.84. The van der Waals surface area contributed by atoms with E-state index >= 15 is 0 Å². The summed E-state index contributed by atoms with van der Waals surface area (Å²) < 4.78 is 14.4. The van der Waals surface area contributed by atoms with Crippen LogP contribution in [-0.2, 0) is 14.1 Å². The fourth-order valence-corrected chi connectivity index (χ4v) is 2.34. The molecular weight excluding hydrogens is 372 g/mol. The minimum Gasteiger partial charge on any atom is -0.419 e. The molecule has 0 radical (unpaired) electrons. The van der Waals surface area contributed by atoms with Crippen molar-refractivity contribution in [1.82, 2.24) is 40.0 Å². The fraction of sp³-hybridized carbons (Fsp3) is 0.474. The van der Waals surface area contributed by atoms with E-state index in [-0.39, 0.29) is 11.8 Å². The quantitative estimate of drug-likeness (QED) is 0.513. The molecule has 29 heavy (non-hydrogen) atoms. The molecule has 0 amide bonds. The first-order valence-corrected chi connectivity index (χ1v) is 9.42. The minimum atomic E-state index is 0.246. The molecule has 0 spiro atoms. The molecule has 10 heteroatoms. The predicted octanol–water partition coefficient (Wildman–Crippen LogP) is 3.50. The van der Waals surface area contributed by atoms with Crippen molar-refractivity contribution in [2.24, 2.45) is 14.1 Å². The number of nitrogens with zero attached hydrogens (tertiary/aromatic N) is 8.